The predicted octanol–water partition coefficient (Wildman–Crippen LogP) is 13.8. The maximum atomic E-state index is 5.03. The summed E-state index contributed by atoms with van der Waals surface area (Å²) in [7, 11) is 0. The van der Waals surface area contributed by atoms with Crippen molar-refractivity contribution in [3.05, 3.63) is 180 Å². The van der Waals surface area contributed by atoms with E-state index >= 15 is 0 Å². The fourth-order valence-corrected chi connectivity index (χ4v) is 10.4. The first kappa shape index (κ1) is 34.1. The van der Waals surface area contributed by atoms with E-state index in [1.807, 2.05) is 18.2 Å². The Morgan fingerprint density at radius 1 is 0.421 bits per heavy atom. The maximum absolute atomic E-state index is 5.03. The van der Waals surface area contributed by atoms with Gasteiger partial charge in [-0.05, 0) is 123 Å². The van der Waals surface area contributed by atoms with Gasteiger partial charge in [0.1, 0.15) is 0 Å². The molecule has 57 heavy (non-hydrogen) atoms. The molecular formula is C54H45N3. The molecule has 3 nitrogen and oxygen atoms in total. The molecule has 1 saturated carbocycles. The lowest BCUT2D eigenvalue weighted by Crippen LogP contribution is -2.28. The fourth-order valence-electron chi connectivity index (χ4n) is 10.4. The molecule has 0 atom stereocenters. The van der Waals surface area contributed by atoms with Crippen molar-refractivity contribution in [1.29, 1.82) is 0 Å². The number of allylic oxidation sites excluding steroid dienone is 4. The van der Waals surface area contributed by atoms with E-state index in [2.05, 4.69) is 147 Å². The average Bonchev–Trinajstić information content (AvgIpc) is 3.66. The van der Waals surface area contributed by atoms with E-state index in [-0.39, 0.29) is 10.8 Å². The van der Waals surface area contributed by atoms with Crippen molar-refractivity contribution in [3.8, 4) is 67.3 Å². The molecule has 3 heteroatoms. The van der Waals surface area contributed by atoms with E-state index in [4.69, 9.17) is 15.0 Å². The number of hydrogen-bond acceptors (Lipinski definition) is 3. The Bertz CT molecular complexity index is 2800. The molecule has 0 bridgehead atoms. The van der Waals surface area contributed by atoms with Gasteiger partial charge in [-0.3, -0.25) is 0 Å². The summed E-state index contributed by atoms with van der Waals surface area (Å²) in [5, 5.41) is 0. The van der Waals surface area contributed by atoms with Gasteiger partial charge in [0.15, 0.2) is 17.5 Å². The zero-order valence-corrected chi connectivity index (χ0v) is 32.7. The van der Waals surface area contributed by atoms with Crippen LogP contribution in [0.25, 0.3) is 72.9 Å². The quantitative estimate of drug-likeness (QED) is 0.177. The molecule has 1 aromatic heterocycles. The number of nitrogens with zero attached hydrogens (tertiary/aromatic N) is 3. The normalized spacial score (nSPS) is 16.8. The summed E-state index contributed by atoms with van der Waals surface area (Å²) in [6, 6.07) is 49.5. The van der Waals surface area contributed by atoms with E-state index in [9.17, 15) is 0 Å². The van der Waals surface area contributed by atoms with Crippen LogP contribution in [-0.2, 0) is 10.8 Å². The molecule has 1 spiro atoms. The number of benzene rings is 6. The number of aromatic nitrogens is 3. The largest absolute Gasteiger partial charge is 0.208 e. The van der Waals surface area contributed by atoms with Crippen molar-refractivity contribution in [3.63, 3.8) is 0 Å². The first-order chi connectivity index (χ1) is 28.0. The molecule has 4 aliphatic rings. The Labute approximate surface area is 336 Å². The third kappa shape index (κ3) is 5.51. The third-order valence-electron chi connectivity index (χ3n) is 13.3. The zero-order valence-electron chi connectivity index (χ0n) is 32.7. The van der Waals surface area contributed by atoms with Crippen molar-refractivity contribution in [1.82, 2.24) is 15.0 Å². The van der Waals surface area contributed by atoms with E-state index in [1.54, 1.807) is 11.1 Å². The summed E-state index contributed by atoms with van der Waals surface area (Å²) in [5.74, 6) is 2.08. The molecule has 7 aromatic rings. The van der Waals surface area contributed by atoms with E-state index in [0.717, 1.165) is 35.1 Å². The van der Waals surface area contributed by atoms with Crippen LogP contribution in [-0.4, -0.2) is 15.0 Å². The summed E-state index contributed by atoms with van der Waals surface area (Å²) < 4.78 is 0. The topological polar surface area (TPSA) is 38.7 Å². The maximum Gasteiger partial charge on any atom is 0.164 e. The number of hydrogen-bond donors (Lipinski definition) is 0. The minimum atomic E-state index is -0.107. The summed E-state index contributed by atoms with van der Waals surface area (Å²) >= 11 is 0. The van der Waals surface area contributed by atoms with Gasteiger partial charge in [0, 0.05) is 27.5 Å². The monoisotopic (exact) mass is 735 g/mol. The van der Waals surface area contributed by atoms with Crippen molar-refractivity contribution >= 4 is 5.57 Å². The summed E-state index contributed by atoms with van der Waals surface area (Å²) in [6.07, 6.45) is 15.1. The Morgan fingerprint density at radius 2 is 1.00 bits per heavy atom. The molecule has 6 aromatic carbocycles. The molecule has 4 aliphatic carbocycles. The summed E-state index contributed by atoms with van der Waals surface area (Å²) in [4.78, 5) is 15.0. The highest BCUT2D eigenvalue weighted by molar-refractivity contribution is 5.91. The van der Waals surface area contributed by atoms with Crippen LogP contribution in [0, 0.1) is 0 Å². The van der Waals surface area contributed by atoms with Crippen LogP contribution in [0.15, 0.2) is 152 Å². The van der Waals surface area contributed by atoms with Crippen LogP contribution < -0.4 is 0 Å². The van der Waals surface area contributed by atoms with Gasteiger partial charge in [0.2, 0.25) is 0 Å². The lowest BCUT2D eigenvalue weighted by Gasteiger charge is -2.36. The van der Waals surface area contributed by atoms with Crippen molar-refractivity contribution < 1.29 is 0 Å². The minimum absolute atomic E-state index is 0.107. The highest BCUT2D eigenvalue weighted by Crippen LogP contribution is 2.60. The highest BCUT2D eigenvalue weighted by Gasteiger charge is 2.46. The smallest absolute Gasteiger partial charge is 0.164 e. The molecule has 0 amide bonds. The first-order valence-electron chi connectivity index (χ1n) is 20.8. The molecule has 0 unspecified atom stereocenters. The van der Waals surface area contributed by atoms with Gasteiger partial charge in [-0.25, -0.2) is 15.0 Å². The van der Waals surface area contributed by atoms with Crippen molar-refractivity contribution in [2.45, 2.75) is 69.6 Å². The van der Waals surface area contributed by atoms with Gasteiger partial charge in [-0.1, -0.05) is 154 Å². The van der Waals surface area contributed by atoms with E-state index in [1.165, 1.54) is 82.2 Å². The second-order valence-corrected chi connectivity index (χ2v) is 17.0. The van der Waals surface area contributed by atoms with Crippen LogP contribution in [0.4, 0.5) is 0 Å². The standard InChI is InChI=1S/C54H45N3/c1-53(2)47-32-40(26-27-43(47)44-34-49-45(33-48(44)53)42-24-10-11-25-46(42)54(49)28-12-5-13-29-54)38-21-14-20-37(30-38)39-22-15-23-41(31-39)52-56-50(35-16-6-3-7-17-35)55-51(57-52)36-18-8-4-9-19-36/h3,6-8,10-11,14-27,30-34H,4-5,9,12-13,28-29H2,1-2H3. The van der Waals surface area contributed by atoms with Crippen LogP contribution >= 0.6 is 0 Å². The van der Waals surface area contributed by atoms with Gasteiger partial charge in [0.05, 0.1) is 0 Å². The molecule has 1 heterocycles. The lowest BCUT2D eigenvalue weighted by atomic mass is 9.67. The second kappa shape index (κ2) is 13.2. The fraction of sp³-hybridized carbons (Fsp3) is 0.204. The van der Waals surface area contributed by atoms with Gasteiger partial charge >= 0.3 is 0 Å². The third-order valence-corrected chi connectivity index (χ3v) is 13.3. The second-order valence-electron chi connectivity index (χ2n) is 17.0. The van der Waals surface area contributed by atoms with Crippen LogP contribution in [0.1, 0.15) is 86.9 Å². The number of rotatable bonds is 5. The lowest BCUT2D eigenvalue weighted by molar-refractivity contribution is 0.353. The van der Waals surface area contributed by atoms with Gasteiger partial charge in [-0.2, -0.15) is 0 Å². The Morgan fingerprint density at radius 3 is 1.75 bits per heavy atom. The Balaban J connectivity index is 0.954. The van der Waals surface area contributed by atoms with Gasteiger partial charge < -0.3 is 0 Å². The average molecular weight is 736 g/mol. The molecule has 0 radical (unpaired) electrons. The molecule has 1 fully saturated rings. The molecule has 11 rings (SSSR count). The molecule has 0 N–H and O–H groups in total. The minimum Gasteiger partial charge on any atom is -0.208 e. The summed E-state index contributed by atoms with van der Waals surface area (Å²) in [5.41, 5.74) is 19.6. The van der Waals surface area contributed by atoms with Crippen LogP contribution in [0.2, 0.25) is 0 Å². The Hall–Kier alpha value is -6.19. The van der Waals surface area contributed by atoms with Crippen molar-refractivity contribution in [2.24, 2.45) is 0 Å². The van der Waals surface area contributed by atoms with Crippen molar-refractivity contribution in [2.75, 3.05) is 0 Å². The van der Waals surface area contributed by atoms with E-state index in [0.29, 0.717) is 17.5 Å². The zero-order chi connectivity index (χ0) is 38.1. The van der Waals surface area contributed by atoms with E-state index < -0.39 is 0 Å². The molecule has 0 saturated heterocycles. The Kier molecular flexibility index (Phi) is 7.90. The predicted molar refractivity (Wildman–Crippen MR) is 235 cm³/mol. The highest BCUT2D eigenvalue weighted by atomic mass is 15.0. The molecule has 0 aliphatic heterocycles. The SMILES string of the molecule is CC1(C)c2cc(-c3cccc(-c4cccc(-c5nc(C6=CCCC=C6)nc(-c6ccccc6)n5)c4)c3)ccc2-c2cc3c(cc21)-c1ccccc1C31CCCCC1. The number of fused-ring (bicyclic) bond motifs is 8. The van der Waals surface area contributed by atoms with Gasteiger partial charge in [0.25, 0.3) is 0 Å². The molecule has 276 valence electrons. The first-order valence-corrected chi connectivity index (χ1v) is 20.8. The van der Waals surface area contributed by atoms with Crippen LogP contribution in [0.3, 0.4) is 0 Å². The van der Waals surface area contributed by atoms with Crippen LogP contribution in [0.5, 0.6) is 0 Å². The summed E-state index contributed by atoms with van der Waals surface area (Å²) in [6.45, 7) is 4.84. The van der Waals surface area contributed by atoms with Gasteiger partial charge in [-0.15, -0.1) is 0 Å². The molecular weight excluding hydrogens is 691 g/mol.